The zero-order chi connectivity index (χ0) is 19.6. The van der Waals surface area contributed by atoms with Crippen LogP contribution in [0.5, 0.6) is 0 Å². The first-order chi connectivity index (χ1) is 13.5. The van der Waals surface area contributed by atoms with E-state index < -0.39 is 8.32 Å². The summed E-state index contributed by atoms with van der Waals surface area (Å²) in [4.78, 5) is 2.72. The molecule has 0 aliphatic carbocycles. The fraction of sp³-hybridized carbons (Fsp3) is 0.520. The standard InChI is InChI=1S/C25H35NOSi/c1-25(2,3)28(21-13-6-4-7-14-21,22-15-8-5-9-16-22)27-24-18-12-20-26-19-11-10-17-23(24)26/h4-9,13-16,23-24H,10-12,17-20H2,1-3H3/t23-,24+/m1/s1. The van der Waals surface area contributed by atoms with Gasteiger partial charge in [-0.2, -0.15) is 0 Å². The van der Waals surface area contributed by atoms with Crippen LogP contribution in [0.15, 0.2) is 60.7 Å². The van der Waals surface area contributed by atoms with Crippen LogP contribution in [-0.2, 0) is 4.43 Å². The third-order valence-corrected chi connectivity index (χ3v) is 11.8. The van der Waals surface area contributed by atoms with Crippen LogP contribution >= 0.6 is 0 Å². The average molecular weight is 394 g/mol. The molecule has 2 saturated heterocycles. The van der Waals surface area contributed by atoms with Crippen molar-refractivity contribution in [2.45, 2.75) is 70.1 Å². The van der Waals surface area contributed by atoms with E-state index in [0.717, 1.165) is 0 Å². The molecular formula is C25H35NOSi. The van der Waals surface area contributed by atoms with Gasteiger partial charge in [0.15, 0.2) is 0 Å². The molecule has 2 fully saturated rings. The molecule has 3 heteroatoms. The lowest BCUT2D eigenvalue weighted by Crippen LogP contribution is -2.69. The summed E-state index contributed by atoms with van der Waals surface area (Å²) in [6.07, 6.45) is 6.80. The van der Waals surface area contributed by atoms with Gasteiger partial charge < -0.3 is 4.43 Å². The monoisotopic (exact) mass is 393 g/mol. The minimum absolute atomic E-state index is 0.0622. The van der Waals surface area contributed by atoms with E-state index in [1.807, 2.05) is 0 Å². The smallest absolute Gasteiger partial charge is 0.261 e. The predicted octanol–water partition coefficient (Wildman–Crippen LogP) is 4.58. The van der Waals surface area contributed by atoms with Crippen LogP contribution in [0.3, 0.4) is 0 Å². The average Bonchev–Trinajstić information content (AvgIpc) is 2.72. The summed E-state index contributed by atoms with van der Waals surface area (Å²) in [5.74, 6) is 0. The lowest BCUT2D eigenvalue weighted by Gasteiger charge is -2.50. The first-order valence-electron chi connectivity index (χ1n) is 11.1. The number of fused-ring (bicyclic) bond motifs is 1. The molecule has 0 saturated carbocycles. The maximum atomic E-state index is 7.48. The van der Waals surface area contributed by atoms with E-state index in [1.165, 1.54) is 55.6 Å². The Morgan fingerprint density at radius 1 is 0.786 bits per heavy atom. The van der Waals surface area contributed by atoms with Crippen molar-refractivity contribution in [1.82, 2.24) is 4.90 Å². The lowest BCUT2D eigenvalue weighted by atomic mass is 9.91. The third-order valence-electron chi connectivity index (χ3n) is 6.77. The van der Waals surface area contributed by atoms with Gasteiger partial charge in [0.25, 0.3) is 8.32 Å². The van der Waals surface area contributed by atoms with Crippen LogP contribution in [0.1, 0.15) is 52.9 Å². The molecule has 2 heterocycles. The highest BCUT2D eigenvalue weighted by Crippen LogP contribution is 2.40. The summed E-state index contributed by atoms with van der Waals surface area (Å²) < 4.78 is 7.48. The number of rotatable bonds is 4. The van der Waals surface area contributed by atoms with Gasteiger partial charge in [-0.15, -0.1) is 0 Å². The first-order valence-corrected chi connectivity index (χ1v) is 13.0. The molecule has 0 spiro atoms. The molecule has 2 nitrogen and oxygen atoms in total. The van der Waals surface area contributed by atoms with Crippen molar-refractivity contribution in [3.05, 3.63) is 60.7 Å². The van der Waals surface area contributed by atoms with Crippen LogP contribution < -0.4 is 10.4 Å². The maximum Gasteiger partial charge on any atom is 0.261 e. The summed E-state index contributed by atoms with van der Waals surface area (Å²) in [7, 11) is -2.44. The molecule has 4 rings (SSSR count). The largest absolute Gasteiger partial charge is 0.403 e. The number of hydrogen-bond acceptors (Lipinski definition) is 2. The lowest BCUT2D eigenvalue weighted by molar-refractivity contribution is 0.000495. The summed E-state index contributed by atoms with van der Waals surface area (Å²) in [5, 5.41) is 2.87. The van der Waals surface area contributed by atoms with Gasteiger partial charge in [-0.25, -0.2) is 0 Å². The molecule has 0 bridgehead atoms. The fourth-order valence-corrected chi connectivity index (χ4v) is 10.2. The van der Waals surface area contributed by atoms with E-state index in [4.69, 9.17) is 4.43 Å². The SMILES string of the molecule is CC(C)(C)[Si](O[C@H]1CCCN2CCCC[C@H]12)(c1ccccc1)c1ccccc1. The molecule has 2 aliphatic heterocycles. The van der Waals surface area contributed by atoms with Crippen molar-refractivity contribution in [1.29, 1.82) is 0 Å². The van der Waals surface area contributed by atoms with Crippen molar-refractivity contribution in [2.24, 2.45) is 0 Å². The minimum atomic E-state index is -2.44. The topological polar surface area (TPSA) is 12.5 Å². The van der Waals surface area contributed by atoms with Crippen LogP contribution in [0, 0.1) is 0 Å². The summed E-state index contributed by atoms with van der Waals surface area (Å²) >= 11 is 0. The molecule has 0 aromatic heterocycles. The Kier molecular flexibility index (Phi) is 5.77. The molecule has 2 aromatic rings. The maximum absolute atomic E-state index is 7.48. The Hall–Kier alpha value is -1.42. The molecule has 2 aliphatic rings. The van der Waals surface area contributed by atoms with E-state index >= 15 is 0 Å². The van der Waals surface area contributed by atoms with Gasteiger partial charge in [0.05, 0.1) is 6.10 Å². The summed E-state index contributed by atoms with van der Waals surface area (Å²) in [6.45, 7) is 9.68. The van der Waals surface area contributed by atoms with Crippen molar-refractivity contribution in [3.63, 3.8) is 0 Å². The van der Waals surface area contributed by atoms with Crippen LogP contribution in [0.4, 0.5) is 0 Å². The summed E-state index contributed by atoms with van der Waals surface area (Å²) in [5.41, 5.74) is 0. The van der Waals surface area contributed by atoms with Gasteiger partial charge in [-0.3, -0.25) is 4.90 Å². The van der Waals surface area contributed by atoms with Crippen LogP contribution in [0.2, 0.25) is 5.04 Å². The predicted molar refractivity (Wildman–Crippen MR) is 121 cm³/mol. The Morgan fingerprint density at radius 2 is 1.36 bits per heavy atom. The van der Waals surface area contributed by atoms with Crippen molar-refractivity contribution < 1.29 is 4.43 Å². The van der Waals surface area contributed by atoms with Crippen LogP contribution in [-0.4, -0.2) is 38.5 Å². The Bertz CT molecular complexity index is 714. The molecule has 0 amide bonds. The second-order valence-electron chi connectivity index (χ2n) is 9.56. The molecule has 0 unspecified atom stereocenters. The Labute approximate surface area is 172 Å². The second-order valence-corrected chi connectivity index (χ2v) is 13.8. The second kappa shape index (κ2) is 8.14. The Balaban J connectivity index is 1.81. The van der Waals surface area contributed by atoms with Gasteiger partial charge in [0.1, 0.15) is 0 Å². The fourth-order valence-electron chi connectivity index (χ4n) is 5.46. The van der Waals surface area contributed by atoms with E-state index in [1.54, 1.807) is 0 Å². The van der Waals surface area contributed by atoms with Crippen molar-refractivity contribution in [3.8, 4) is 0 Å². The highest BCUT2D eigenvalue weighted by Gasteiger charge is 2.52. The van der Waals surface area contributed by atoms with Crippen molar-refractivity contribution in [2.75, 3.05) is 13.1 Å². The van der Waals surface area contributed by atoms with Crippen molar-refractivity contribution >= 4 is 18.7 Å². The van der Waals surface area contributed by atoms with Gasteiger partial charge in [0.2, 0.25) is 0 Å². The molecular weight excluding hydrogens is 358 g/mol. The molecule has 2 atom stereocenters. The summed E-state index contributed by atoms with van der Waals surface area (Å²) in [6, 6.07) is 22.8. The molecule has 0 N–H and O–H groups in total. The number of hydrogen-bond donors (Lipinski definition) is 0. The first kappa shape index (κ1) is 19.9. The normalized spacial score (nSPS) is 24.0. The number of nitrogens with zero attached hydrogens (tertiary/aromatic N) is 1. The van der Waals surface area contributed by atoms with Crippen LogP contribution in [0.25, 0.3) is 0 Å². The quantitative estimate of drug-likeness (QED) is 0.705. The third kappa shape index (κ3) is 3.60. The molecule has 150 valence electrons. The number of piperidine rings is 2. The van der Waals surface area contributed by atoms with Gasteiger partial charge in [-0.05, 0) is 54.2 Å². The van der Waals surface area contributed by atoms with E-state index in [2.05, 4.69) is 86.3 Å². The molecule has 0 radical (unpaired) electrons. The minimum Gasteiger partial charge on any atom is -0.403 e. The zero-order valence-electron chi connectivity index (χ0n) is 17.7. The van der Waals surface area contributed by atoms with Gasteiger partial charge >= 0.3 is 0 Å². The van der Waals surface area contributed by atoms with E-state index in [-0.39, 0.29) is 5.04 Å². The molecule has 2 aromatic carbocycles. The Morgan fingerprint density at radius 3 is 1.93 bits per heavy atom. The highest BCUT2D eigenvalue weighted by molar-refractivity contribution is 6.99. The van der Waals surface area contributed by atoms with E-state index in [0.29, 0.717) is 12.1 Å². The van der Waals surface area contributed by atoms with Gasteiger partial charge in [0, 0.05) is 6.04 Å². The molecule has 28 heavy (non-hydrogen) atoms. The van der Waals surface area contributed by atoms with E-state index in [9.17, 15) is 0 Å². The number of benzene rings is 2. The van der Waals surface area contributed by atoms with Gasteiger partial charge in [-0.1, -0.05) is 87.9 Å². The zero-order valence-corrected chi connectivity index (χ0v) is 18.7. The highest BCUT2D eigenvalue weighted by atomic mass is 28.4.